The zero-order valence-corrected chi connectivity index (χ0v) is 11.5. The topological polar surface area (TPSA) is 21.7 Å². The summed E-state index contributed by atoms with van der Waals surface area (Å²) in [6.45, 7) is 11.5. The highest BCUT2D eigenvalue weighted by Crippen LogP contribution is 2.12. The molecule has 1 aromatic carbocycles. The van der Waals surface area contributed by atoms with Gasteiger partial charge in [0.15, 0.2) is 0 Å². The molecule has 0 atom stereocenters. The molecule has 104 valence electrons. The summed E-state index contributed by atoms with van der Waals surface area (Å²) < 4.78 is 10.9. The molecule has 0 heterocycles. The first-order chi connectivity index (χ1) is 9.38. The van der Waals surface area contributed by atoms with Crippen LogP contribution in [-0.4, -0.2) is 39.5 Å². The first-order valence-electron chi connectivity index (χ1n) is 6.55. The predicted octanol–water partition coefficient (Wildman–Crippen LogP) is 2.90. The summed E-state index contributed by atoms with van der Waals surface area (Å²) in [4.78, 5) is 2.26. The summed E-state index contributed by atoms with van der Waals surface area (Å²) in [5, 5.41) is 0. The van der Waals surface area contributed by atoms with Crippen LogP contribution in [0, 0.1) is 0 Å². The summed E-state index contributed by atoms with van der Waals surface area (Å²) in [5.41, 5.74) is 1.19. The lowest BCUT2D eigenvalue weighted by Crippen LogP contribution is -2.31. The van der Waals surface area contributed by atoms with Crippen molar-refractivity contribution in [3.63, 3.8) is 0 Å². The van der Waals surface area contributed by atoms with E-state index >= 15 is 0 Å². The highest BCUT2D eigenvalue weighted by atomic mass is 16.5. The highest BCUT2D eigenvalue weighted by molar-refractivity contribution is 5.45. The average Bonchev–Trinajstić information content (AvgIpc) is 2.46. The number of anilines is 1. The number of para-hydroxylation sites is 1. The maximum atomic E-state index is 5.45. The van der Waals surface area contributed by atoms with Gasteiger partial charge in [-0.2, -0.15) is 0 Å². The number of hydrogen-bond acceptors (Lipinski definition) is 3. The first kappa shape index (κ1) is 15.5. The van der Waals surface area contributed by atoms with E-state index in [0.29, 0.717) is 26.4 Å². The Bertz CT molecular complexity index is 335. The van der Waals surface area contributed by atoms with Crippen LogP contribution in [0.4, 0.5) is 5.69 Å². The van der Waals surface area contributed by atoms with Gasteiger partial charge in [0.05, 0.1) is 26.4 Å². The molecule has 0 aliphatic carbocycles. The van der Waals surface area contributed by atoms with Gasteiger partial charge >= 0.3 is 0 Å². The Morgan fingerprint density at radius 3 is 1.89 bits per heavy atom. The van der Waals surface area contributed by atoms with Crippen LogP contribution in [0.2, 0.25) is 0 Å². The van der Waals surface area contributed by atoms with Crippen molar-refractivity contribution in [3.8, 4) is 0 Å². The molecule has 1 aromatic rings. The van der Waals surface area contributed by atoms with Crippen molar-refractivity contribution in [1.29, 1.82) is 0 Å². The van der Waals surface area contributed by atoms with Crippen LogP contribution >= 0.6 is 0 Å². The number of nitrogens with zero attached hydrogens (tertiary/aromatic N) is 1. The molecule has 0 N–H and O–H groups in total. The molecule has 0 fully saturated rings. The summed E-state index contributed by atoms with van der Waals surface area (Å²) in [6, 6.07) is 10.3. The molecule has 1 rings (SSSR count). The molecule has 0 saturated heterocycles. The molecule has 0 aromatic heterocycles. The van der Waals surface area contributed by atoms with Crippen LogP contribution in [-0.2, 0) is 9.47 Å². The third-order valence-corrected chi connectivity index (χ3v) is 2.60. The molecule has 0 radical (unpaired) electrons. The van der Waals surface area contributed by atoms with Gasteiger partial charge in [0.2, 0.25) is 0 Å². The SMILES string of the molecule is C=CCOCCN(CCOCC=C)c1ccccc1. The first-order valence-corrected chi connectivity index (χ1v) is 6.55. The Morgan fingerprint density at radius 2 is 1.42 bits per heavy atom. The Kier molecular flexibility index (Phi) is 8.43. The van der Waals surface area contributed by atoms with Crippen molar-refractivity contribution < 1.29 is 9.47 Å². The number of benzene rings is 1. The summed E-state index contributed by atoms with van der Waals surface area (Å²) in [6.07, 6.45) is 3.53. The van der Waals surface area contributed by atoms with Crippen LogP contribution in [0.1, 0.15) is 0 Å². The highest BCUT2D eigenvalue weighted by Gasteiger charge is 2.05. The van der Waals surface area contributed by atoms with Crippen LogP contribution in [0.5, 0.6) is 0 Å². The normalized spacial score (nSPS) is 10.1. The lowest BCUT2D eigenvalue weighted by Gasteiger charge is -2.24. The molecular weight excluding hydrogens is 238 g/mol. The van der Waals surface area contributed by atoms with Crippen LogP contribution in [0.15, 0.2) is 55.6 Å². The zero-order chi connectivity index (χ0) is 13.8. The Hall–Kier alpha value is -1.58. The lowest BCUT2D eigenvalue weighted by atomic mass is 10.3. The van der Waals surface area contributed by atoms with Gasteiger partial charge in [-0.1, -0.05) is 30.4 Å². The van der Waals surface area contributed by atoms with Crippen LogP contribution in [0.25, 0.3) is 0 Å². The van der Waals surface area contributed by atoms with Crippen molar-refractivity contribution in [2.45, 2.75) is 0 Å². The largest absolute Gasteiger partial charge is 0.376 e. The van der Waals surface area contributed by atoms with Gasteiger partial charge in [-0.15, -0.1) is 13.2 Å². The van der Waals surface area contributed by atoms with Gasteiger partial charge in [0, 0.05) is 18.8 Å². The Balaban J connectivity index is 2.43. The van der Waals surface area contributed by atoms with E-state index in [9.17, 15) is 0 Å². The van der Waals surface area contributed by atoms with E-state index in [1.807, 2.05) is 18.2 Å². The maximum absolute atomic E-state index is 5.45. The van der Waals surface area contributed by atoms with Gasteiger partial charge in [-0.25, -0.2) is 0 Å². The van der Waals surface area contributed by atoms with Gasteiger partial charge in [-0.3, -0.25) is 0 Å². The molecule has 0 amide bonds. The minimum Gasteiger partial charge on any atom is -0.376 e. The van der Waals surface area contributed by atoms with Crippen molar-refractivity contribution in [2.24, 2.45) is 0 Å². The van der Waals surface area contributed by atoms with Crippen molar-refractivity contribution in [3.05, 3.63) is 55.6 Å². The molecule has 0 unspecified atom stereocenters. The van der Waals surface area contributed by atoms with Crippen LogP contribution in [0.3, 0.4) is 0 Å². The summed E-state index contributed by atoms with van der Waals surface area (Å²) >= 11 is 0. The smallest absolute Gasteiger partial charge is 0.0645 e. The third-order valence-electron chi connectivity index (χ3n) is 2.60. The minimum absolute atomic E-state index is 0.593. The van der Waals surface area contributed by atoms with E-state index in [-0.39, 0.29) is 0 Å². The molecular formula is C16H23NO2. The molecule has 3 heteroatoms. The molecule has 0 bridgehead atoms. The third kappa shape index (κ3) is 6.79. The minimum atomic E-state index is 0.593. The van der Waals surface area contributed by atoms with E-state index in [1.54, 1.807) is 12.2 Å². The molecule has 0 saturated carbocycles. The fourth-order valence-electron chi connectivity index (χ4n) is 1.69. The standard InChI is InChI=1S/C16H23NO2/c1-3-12-18-14-10-17(11-15-19-13-4-2)16-8-6-5-7-9-16/h3-9H,1-2,10-15H2. The fourth-order valence-corrected chi connectivity index (χ4v) is 1.69. The average molecular weight is 261 g/mol. The van der Waals surface area contributed by atoms with Crippen molar-refractivity contribution >= 4 is 5.69 Å². The summed E-state index contributed by atoms with van der Waals surface area (Å²) in [7, 11) is 0. The second-order valence-electron chi connectivity index (χ2n) is 4.05. The van der Waals surface area contributed by atoms with Crippen molar-refractivity contribution in [1.82, 2.24) is 0 Å². The molecule has 19 heavy (non-hydrogen) atoms. The fraction of sp³-hybridized carbons (Fsp3) is 0.375. The zero-order valence-electron chi connectivity index (χ0n) is 11.5. The van der Waals surface area contributed by atoms with Gasteiger partial charge < -0.3 is 14.4 Å². The monoisotopic (exact) mass is 261 g/mol. The van der Waals surface area contributed by atoms with E-state index in [1.165, 1.54) is 5.69 Å². The van der Waals surface area contributed by atoms with E-state index < -0.39 is 0 Å². The van der Waals surface area contributed by atoms with Gasteiger partial charge in [-0.05, 0) is 12.1 Å². The Labute approximate surface area is 116 Å². The quantitative estimate of drug-likeness (QED) is 0.451. The van der Waals surface area contributed by atoms with E-state index in [2.05, 4.69) is 30.2 Å². The number of hydrogen-bond donors (Lipinski definition) is 0. The number of ether oxygens (including phenoxy) is 2. The maximum Gasteiger partial charge on any atom is 0.0645 e. The molecule has 0 aliphatic rings. The van der Waals surface area contributed by atoms with Gasteiger partial charge in [0.25, 0.3) is 0 Å². The Morgan fingerprint density at radius 1 is 0.895 bits per heavy atom. The van der Waals surface area contributed by atoms with E-state index in [4.69, 9.17) is 9.47 Å². The number of rotatable bonds is 11. The van der Waals surface area contributed by atoms with E-state index in [0.717, 1.165) is 13.1 Å². The molecule has 0 spiro atoms. The molecule has 0 aliphatic heterocycles. The van der Waals surface area contributed by atoms with Crippen molar-refractivity contribution in [2.75, 3.05) is 44.4 Å². The second-order valence-corrected chi connectivity index (χ2v) is 4.05. The van der Waals surface area contributed by atoms with Gasteiger partial charge in [0.1, 0.15) is 0 Å². The summed E-state index contributed by atoms with van der Waals surface area (Å²) in [5.74, 6) is 0. The molecule has 3 nitrogen and oxygen atoms in total. The predicted molar refractivity (Wildman–Crippen MR) is 80.7 cm³/mol. The second kappa shape index (κ2) is 10.4. The van der Waals surface area contributed by atoms with Crippen LogP contribution < -0.4 is 4.90 Å². The lowest BCUT2D eigenvalue weighted by molar-refractivity contribution is 0.155.